The Labute approximate surface area is 103 Å². The van der Waals surface area contributed by atoms with Gasteiger partial charge in [-0.1, -0.05) is 11.3 Å². The van der Waals surface area contributed by atoms with Crippen molar-refractivity contribution in [1.82, 2.24) is 5.32 Å². The topological polar surface area (TPSA) is 84.6 Å². The highest BCUT2D eigenvalue weighted by atomic mass is 32.1. The number of ether oxygens (including phenoxy) is 1. The van der Waals surface area contributed by atoms with E-state index < -0.39 is 0 Å². The van der Waals surface area contributed by atoms with Crippen LogP contribution in [0.15, 0.2) is 12.1 Å². The van der Waals surface area contributed by atoms with Crippen molar-refractivity contribution in [3.8, 4) is 0 Å². The number of aliphatic hydroxyl groups is 1. The zero-order valence-electron chi connectivity index (χ0n) is 9.42. The predicted molar refractivity (Wildman–Crippen MR) is 65.2 cm³/mol. The third-order valence-electron chi connectivity index (χ3n) is 2.00. The van der Waals surface area contributed by atoms with E-state index in [1.807, 2.05) is 0 Å². The second-order valence-corrected chi connectivity index (χ2v) is 4.51. The Morgan fingerprint density at radius 2 is 2.29 bits per heavy atom. The summed E-state index contributed by atoms with van der Waals surface area (Å²) in [5.41, 5.74) is 0. The van der Waals surface area contributed by atoms with Crippen molar-refractivity contribution in [1.29, 1.82) is 0 Å². The molecular weight excluding hydrogens is 244 g/mol. The summed E-state index contributed by atoms with van der Waals surface area (Å²) in [4.78, 5) is 11.0. The summed E-state index contributed by atoms with van der Waals surface area (Å²) in [6.45, 7) is 2.46. The van der Waals surface area contributed by atoms with Gasteiger partial charge in [-0.25, -0.2) is 0 Å². The lowest BCUT2D eigenvalue weighted by atomic mass is 10.4. The van der Waals surface area contributed by atoms with E-state index in [0.717, 1.165) is 17.8 Å². The first kappa shape index (κ1) is 14.0. The first-order valence-electron chi connectivity index (χ1n) is 5.36. The molecule has 1 aromatic rings. The first-order valence-corrected chi connectivity index (χ1v) is 6.18. The second kappa shape index (κ2) is 8.13. The number of rotatable bonds is 9. The molecule has 0 amide bonds. The van der Waals surface area contributed by atoms with Gasteiger partial charge in [-0.3, -0.25) is 10.1 Å². The van der Waals surface area contributed by atoms with Crippen molar-refractivity contribution in [2.45, 2.75) is 13.0 Å². The van der Waals surface area contributed by atoms with E-state index in [1.54, 1.807) is 6.07 Å². The van der Waals surface area contributed by atoms with E-state index >= 15 is 0 Å². The van der Waals surface area contributed by atoms with Gasteiger partial charge < -0.3 is 15.2 Å². The normalized spacial score (nSPS) is 10.6. The Bertz CT molecular complexity index is 343. The summed E-state index contributed by atoms with van der Waals surface area (Å²) < 4.78 is 5.09. The van der Waals surface area contributed by atoms with Crippen molar-refractivity contribution in [2.24, 2.45) is 0 Å². The number of nitrogens with zero attached hydrogens (tertiary/aromatic N) is 1. The molecule has 0 atom stereocenters. The van der Waals surface area contributed by atoms with Crippen LogP contribution in [0.5, 0.6) is 0 Å². The maximum atomic E-state index is 10.4. The molecule has 0 saturated carbocycles. The Kier molecular flexibility index (Phi) is 6.71. The smallest absolute Gasteiger partial charge is 0.324 e. The van der Waals surface area contributed by atoms with Gasteiger partial charge in [0.15, 0.2) is 0 Å². The van der Waals surface area contributed by atoms with Gasteiger partial charge in [0.25, 0.3) is 0 Å². The van der Waals surface area contributed by atoms with Crippen LogP contribution in [0.4, 0.5) is 5.00 Å². The zero-order chi connectivity index (χ0) is 12.5. The summed E-state index contributed by atoms with van der Waals surface area (Å²) in [6, 6.07) is 3.28. The average molecular weight is 260 g/mol. The van der Waals surface area contributed by atoms with Crippen LogP contribution in [-0.4, -0.2) is 36.4 Å². The van der Waals surface area contributed by atoms with Gasteiger partial charge >= 0.3 is 5.00 Å². The molecule has 1 heterocycles. The fourth-order valence-electron chi connectivity index (χ4n) is 1.24. The van der Waals surface area contributed by atoms with Crippen LogP contribution < -0.4 is 5.32 Å². The van der Waals surface area contributed by atoms with Gasteiger partial charge in [-0.05, 0) is 19.0 Å². The molecule has 17 heavy (non-hydrogen) atoms. The lowest BCUT2D eigenvalue weighted by Crippen LogP contribution is -2.16. The highest BCUT2D eigenvalue weighted by molar-refractivity contribution is 7.15. The van der Waals surface area contributed by atoms with Gasteiger partial charge in [0, 0.05) is 24.1 Å². The van der Waals surface area contributed by atoms with E-state index in [1.165, 1.54) is 17.4 Å². The van der Waals surface area contributed by atoms with Crippen LogP contribution in [0.3, 0.4) is 0 Å². The highest BCUT2D eigenvalue weighted by Gasteiger charge is 2.08. The SMILES string of the molecule is O=[N+]([O-])c1ccc(CNCCCOCCO)s1. The summed E-state index contributed by atoms with van der Waals surface area (Å²) in [5.74, 6) is 0. The first-order chi connectivity index (χ1) is 8.24. The maximum Gasteiger partial charge on any atom is 0.324 e. The Morgan fingerprint density at radius 3 is 2.94 bits per heavy atom. The number of hydrogen-bond donors (Lipinski definition) is 2. The van der Waals surface area contributed by atoms with Crippen LogP contribution in [0, 0.1) is 10.1 Å². The van der Waals surface area contributed by atoms with Crippen molar-refractivity contribution in [2.75, 3.05) is 26.4 Å². The fourth-order valence-corrected chi connectivity index (χ4v) is 2.03. The number of thiophene rings is 1. The molecule has 6 nitrogen and oxygen atoms in total. The molecule has 0 aliphatic carbocycles. The lowest BCUT2D eigenvalue weighted by molar-refractivity contribution is -0.380. The number of nitrogens with one attached hydrogen (secondary N) is 1. The van der Waals surface area contributed by atoms with Crippen LogP contribution in [-0.2, 0) is 11.3 Å². The molecule has 0 fully saturated rings. The molecule has 0 unspecified atom stereocenters. The molecule has 0 aromatic carbocycles. The van der Waals surface area contributed by atoms with Gasteiger partial charge in [0.2, 0.25) is 0 Å². The molecule has 0 radical (unpaired) electrons. The second-order valence-electron chi connectivity index (χ2n) is 3.36. The molecule has 96 valence electrons. The van der Waals surface area contributed by atoms with E-state index in [-0.39, 0.29) is 16.5 Å². The minimum Gasteiger partial charge on any atom is -0.394 e. The lowest BCUT2D eigenvalue weighted by Gasteiger charge is -2.03. The molecular formula is C10H16N2O4S. The van der Waals surface area contributed by atoms with Crippen LogP contribution in [0.25, 0.3) is 0 Å². The molecule has 7 heteroatoms. The summed E-state index contributed by atoms with van der Waals surface area (Å²) in [6.07, 6.45) is 0.855. The Hall–Kier alpha value is -1.02. The third-order valence-corrected chi connectivity index (χ3v) is 3.04. The van der Waals surface area contributed by atoms with E-state index in [9.17, 15) is 10.1 Å². The summed E-state index contributed by atoms with van der Waals surface area (Å²) in [7, 11) is 0. The van der Waals surface area contributed by atoms with E-state index in [2.05, 4.69) is 5.32 Å². The molecule has 1 aromatic heterocycles. The minimum atomic E-state index is -0.378. The molecule has 0 spiro atoms. The van der Waals surface area contributed by atoms with Crippen molar-refractivity contribution < 1.29 is 14.8 Å². The molecule has 0 saturated heterocycles. The van der Waals surface area contributed by atoms with Crippen LogP contribution in [0.2, 0.25) is 0 Å². The number of nitro groups is 1. The third kappa shape index (κ3) is 5.73. The van der Waals surface area contributed by atoms with E-state index in [0.29, 0.717) is 19.8 Å². The molecule has 0 aliphatic heterocycles. The Morgan fingerprint density at radius 1 is 1.47 bits per heavy atom. The molecule has 2 N–H and O–H groups in total. The van der Waals surface area contributed by atoms with Gasteiger partial charge in [0.1, 0.15) is 0 Å². The van der Waals surface area contributed by atoms with Crippen molar-refractivity contribution >= 4 is 16.3 Å². The van der Waals surface area contributed by atoms with Crippen molar-refractivity contribution in [3.05, 3.63) is 27.1 Å². The molecule has 1 rings (SSSR count). The Balaban J connectivity index is 2.07. The van der Waals surface area contributed by atoms with Gasteiger partial charge in [-0.2, -0.15) is 0 Å². The number of hydrogen-bond acceptors (Lipinski definition) is 6. The van der Waals surface area contributed by atoms with E-state index in [4.69, 9.17) is 9.84 Å². The maximum absolute atomic E-state index is 10.4. The molecule has 0 bridgehead atoms. The number of aliphatic hydroxyl groups excluding tert-OH is 1. The monoisotopic (exact) mass is 260 g/mol. The predicted octanol–water partition coefficient (Wildman–Crippen LogP) is 1.14. The average Bonchev–Trinajstić information content (AvgIpc) is 2.77. The quantitative estimate of drug-likeness (QED) is 0.395. The summed E-state index contributed by atoms with van der Waals surface area (Å²) in [5, 5.41) is 22.3. The van der Waals surface area contributed by atoms with Crippen molar-refractivity contribution in [3.63, 3.8) is 0 Å². The minimum absolute atomic E-state index is 0.0479. The highest BCUT2D eigenvalue weighted by Crippen LogP contribution is 2.23. The fraction of sp³-hybridized carbons (Fsp3) is 0.600. The zero-order valence-corrected chi connectivity index (χ0v) is 10.2. The van der Waals surface area contributed by atoms with Gasteiger partial charge in [0.05, 0.1) is 18.1 Å². The largest absolute Gasteiger partial charge is 0.394 e. The van der Waals surface area contributed by atoms with Crippen LogP contribution in [0.1, 0.15) is 11.3 Å². The molecule has 0 aliphatic rings. The van der Waals surface area contributed by atoms with Gasteiger partial charge in [-0.15, -0.1) is 0 Å². The standard InChI is InChI=1S/C10H16N2O4S/c13-5-7-16-6-1-4-11-8-9-2-3-10(17-9)12(14)15/h2-3,11,13H,1,4-8H2. The van der Waals surface area contributed by atoms with Crippen LogP contribution >= 0.6 is 11.3 Å². The summed E-state index contributed by atoms with van der Waals surface area (Å²) >= 11 is 1.19.